The van der Waals surface area contributed by atoms with Gasteiger partial charge in [0.2, 0.25) is 5.91 Å². The zero-order valence-electron chi connectivity index (χ0n) is 20.2. The molecule has 1 aliphatic heterocycles. The van der Waals surface area contributed by atoms with Crippen molar-refractivity contribution < 1.29 is 27.5 Å². The number of hydrogen-bond donors (Lipinski definition) is 1. The van der Waals surface area contributed by atoms with E-state index in [4.69, 9.17) is 0 Å². The summed E-state index contributed by atoms with van der Waals surface area (Å²) in [6.07, 6.45) is -1.91. The highest BCUT2D eigenvalue weighted by Gasteiger charge is 2.32. The number of nitrogens with one attached hydrogen (secondary N) is 1. The molecule has 0 atom stereocenters. The summed E-state index contributed by atoms with van der Waals surface area (Å²) < 4.78 is 42.9. The van der Waals surface area contributed by atoms with E-state index in [9.17, 15) is 22.8 Å². The Hall–Kier alpha value is -3.83. The van der Waals surface area contributed by atoms with Gasteiger partial charge in [-0.25, -0.2) is 9.97 Å². The zero-order valence-corrected chi connectivity index (χ0v) is 20.2. The lowest BCUT2D eigenvalue weighted by Gasteiger charge is -2.31. The van der Waals surface area contributed by atoms with E-state index < -0.39 is 23.8 Å². The molecule has 0 radical (unpaired) electrons. The molecule has 194 valence electrons. The van der Waals surface area contributed by atoms with Crippen LogP contribution in [0.4, 0.5) is 18.9 Å². The molecule has 1 amide bonds. The summed E-state index contributed by atoms with van der Waals surface area (Å²) in [6, 6.07) is 12.9. The molecule has 2 aromatic carbocycles. The first-order valence-corrected chi connectivity index (χ1v) is 11.7. The number of alkyl halides is 3. The second-order valence-electron chi connectivity index (χ2n) is 8.74. The van der Waals surface area contributed by atoms with E-state index in [0.717, 1.165) is 30.3 Å². The van der Waals surface area contributed by atoms with Gasteiger partial charge in [0, 0.05) is 49.7 Å². The van der Waals surface area contributed by atoms with Crippen molar-refractivity contribution in [2.45, 2.75) is 12.8 Å². The number of carbonyl (C=O) groups is 2. The summed E-state index contributed by atoms with van der Waals surface area (Å²) in [6.45, 7) is 2.91. The van der Waals surface area contributed by atoms with Crippen LogP contribution in [-0.2, 0) is 11.2 Å². The monoisotopic (exact) mass is 513 g/mol. The number of ketones is 1. The van der Waals surface area contributed by atoms with E-state index in [0.29, 0.717) is 13.1 Å². The lowest BCUT2D eigenvalue weighted by molar-refractivity contribution is -0.274. The van der Waals surface area contributed by atoms with Gasteiger partial charge in [0.1, 0.15) is 5.82 Å². The average molecular weight is 514 g/mol. The molecule has 0 saturated carbocycles. The minimum Gasteiger partial charge on any atom is -0.404 e. The summed E-state index contributed by atoms with van der Waals surface area (Å²) in [5, 5.41) is 2.47. The lowest BCUT2D eigenvalue weighted by Crippen LogP contribution is -2.47. The normalized spacial score (nSPS) is 14.8. The third-order valence-electron chi connectivity index (χ3n) is 5.90. The van der Waals surface area contributed by atoms with Crippen LogP contribution in [0, 0.1) is 0 Å². The number of benzene rings is 2. The van der Waals surface area contributed by atoms with E-state index >= 15 is 0 Å². The maximum Gasteiger partial charge on any atom is 0.573 e. The number of rotatable bonds is 8. The smallest absolute Gasteiger partial charge is 0.404 e. The minimum atomic E-state index is -4.96. The van der Waals surface area contributed by atoms with E-state index in [2.05, 4.69) is 24.9 Å². The number of carbonyl (C=O) groups excluding carboxylic acids is 2. The molecule has 1 saturated heterocycles. The van der Waals surface area contributed by atoms with Gasteiger partial charge in [-0.2, -0.15) is 0 Å². The number of halogens is 3. The van der Waals surface area contributed by atoms with E-state index in [-0.39, 0.29) is 30.0 Å². The first-order chi connectivity index (χ1) is 17.7. The quantitative estimate of drug-likeness (QED) is 0.460. The molecule has 4 rings (SSSR count). The number of Topliss-reactive ketones (excluding diaryl/α,β-unsaturated/α-hetero) is 1. The molecule has 0 aliphatic carbocycles. The van der Waals surface area contributed by atoms with Crippen molar-refractivity contribution in [2.24, 2.45) is 0 Å². The molecule has 0 unspecified atom stereocenters. The Bertz CT molecular complexity index is 1230. The molecule has 0 bridgehead atoms. The molecular weight excluding hydrogens is 487 g/mol. The van der Waals surface area contributed by atoms with Crippen molar-refractivity contribution in [3.63, 3.8) is 0 Å². The van der Waals surface area contributed by atoms with Crippen LogP contribution in [0.2, 0.25) is 0 Å². The van der Waals surface area contributed by atoms with Gasteiger partial charge in [0.15, 0.2) is 11.5 Å². The largest absolute Gasteiger partial charge is 0.573 e. The van der Waals surface area contributed by atoms with Gasteiger partial charge in [-0.3, -0.25) is 14.5 Å². The van der Waals surface area contributed by atoms with E-state index in [1.165, 1.54) is 12.1 Å². The maximum absolute atomic E-state index is 12.9. The number of piperazine rings is 1. The Morgan fingerprint density at radius 3 is 2.30 bits per heavy atom. The Labute approximate surface area is 212 Å². The second kappa shape index (κ2) is 11.5. The van der Waals surface area contributed by atoms with E-state index in [1.807, 2.05) is 42.3 Å². The Balaban J connectivity index is 1.47. The van der Waals surface area contributed by atoms with E-state index in [1.54, 1.807) is 12.4 Å². The van der Waals surface area contributed by atoms with Gasteiger partial charge in [0.05, 0.1) is 18.7 Å². The second-order valence-corrected chi connectivity index (χ2v) is 8.74. The van der Waals surface area contributed by atoms with Crippen LogP contribution in [0.3, 0.4) is 0 Å². The Morgan fingerprint density at radius 1 is 0.973 bits per heavy atom. The predicted molar refractivity (Wildman–Crippen MR) is 131 cm³/mol. The van der Waals surface area contributed by atoms with Crippen LogP contribution in [0.5, 0.6) is 5.75 Å². The fourth-order valence-electron chi connectivity index (χ4n) is 3.89. The lowest BCUT2D eigenvalue weighted by atomic mass is 10.1. The topological polar surface area (TPSA) is 87.7 Å². The molecule has 11 heteroatoms. The zero-order chi connectivity index (χ0) is 26.4. The first-order valence-electron chi connectivity index (χ1n) is 11.7. The van der Waals surface area contributed by atoms with Crippen LogP contribution in [0.15, 0.2) is 60.9 Å². The van der Waals surface area contributed by atoms with Gasteiger partial charge in [-0.1, -0.05) is 30.3 Å². The Kier molecular flexibility index (Phi) is 8.14. The summed E-state index contributed by atoms with van der Waals surface area (Å²) >= 11 is 0. The third-order valence-corrected chi connectivity index (χ3v) is 5.90. The fourth-order valence-corrected chi connectivity index (χ4v) is 3.89. The van der Waals surface area contributed by atoms with Crippen molar-refractivity contribution in [1.29, 1.82) is 0 Å². The number of nitrogens with zero attached hydrogens (tertiary/aromatic N) is 4. The van der Waals surface area contributed by atoms with Gasteiger partial charge in [-0.15, -0.1) is 13.2 Å². The highest BCUT2D eigenvalue weighted by molar-refractivity contribution is 6.00. The predicted octanol–water partition coefficient (Wildman–Crippen LogP) is 3.65. The molecule has 37 heavy (non-hydrogen) atoms. The molecule has 1 N–H and O–H groups in total. The number of anilines is 1. The molecule has 1 aliphatic rings. The van der Waals surface area contributed by atoms with Crippen molar-refractivity contribution in [2.75, 3.05) is 45.1 Å². The van der Waals surface area contributed by atoms with Crippen LogP contribution in [-0.4, -0.2) is 77.6 Å². The number of likely N-dealkylation sites (N-methyl/N-ethyl adjacent to an activating group) is 1. The molecule has 8 nitrogen and oxygen atoms in total. The van der Waals surface area contributed by atoms with Crippen molar-refractivity contribution in [1.82, 2.24) is 19.8 Å². The summed E-state index contributed by atoms with van der Waals surface area (Å²) in [4.78, 5) is 38.0. The molecule has 1 aromatic heterocycles. The van der Waals surface area contributed by atoms with Gasteiger partial charge in [0.25, 0.3) is 0 Å². The van der Waals surface area contributed by atoms with Crippen LogP contribution >= 0.6 is 0 Å². The average Bonchev–Trinajstić information content (AvgIpc) is 2.86. The van der Waals surface area contributed by atoms with Gasteiger partial charge in [-0.05, 0) is 30.8 Å². The molecule has 1 fully saturated rings. The standard InChI is InChI=1S/C26H26F3N5O3/c1-33-9-11-34(12-10-33)17-25(36)32-21-13-19(7-8-23(21)37-26(27,28)29)22(35)14-24-30-15-20(16-31-24)18-5-3-2-4-6-18/h2-8,13,15-16H,9-12,14,17H2,1H3,(H,32,36). The Morgan fingerprint density at radius 2 is 1.65 bits per heavy atom. The van der Waals surface area contributed by atoms with Crippen molar-refractivity contribution in [3.8, 4) is 16.9 Å². The van der Waals surface area contributed by atoms with Crippen molar-refractivity contribution >= 4 is 17.4 Å². The van der Waals surface area contributed by atoms with Crippen LogP contribution < -0.4 is 10.1 Å². The number of hydrogen-bond acceptors (Lipinski definition) is 7. The maximum atomic E-state index is 12.9. The summed E-state index contributed by atoms with van der Waals surface area (Å²) in [5.74, 6) is -1.25. The van der Waals surface area contributed by atoms with Crippen LogP contribution in [0.25, 0.3) is 11.1 Å². The summed E-state index contributed by atoms with van der Waals surface area (Å²) in [5.41, 5.74) is 1.58. The highest BCUT2D eigenvalue weighted by atomic mass is 19.4. The van der Waals surface area contributed by atoms with Crippen LogP contribution in [0.1, 0.15) is 16.2 Å². The van der Waals surface area contributed by atoms with Gasteiger partial charge < -0.3 is 15.0 Å². The highest BCUT2D eigenvalue weighted by Crippen LogP contribution is 2.31. The SMILES string of the molecule is CN1CCN(CC(=O)Nc2cc(C(=O)Cc3ncc(-c4ccccc4)cn3)ccc2OC(F)(F)F)CC1. The molecular formula is C26H26F3N5O3. The third kappa shape index (κ3) is 7.58. The number of amides is 1. The van der Waals surface area contributed by atoms with Gasteiger partial charge >= 0.3 is 6.36 Å². The fraction of sp³-hybridized carbons (Fsp3) is 0.308. The van der Waals surface area contributed by atoms with Crippen molar-refractivity contribution in [3.05, 3.63) is 72.3 Å². The molecule has 2 heterocycles. The number of ether oxygens (including phenoxy) is 1. The molecule has 3 aromatic rings. The number of aromatic nitrogens is 2. The molecule has 0 spiro atoms. The minimum absolute atomic E-state index is 0.0130. The first kappa shape index (κ1) is 26.2. The summed E-state index contributed by atoms with van der Waals surface area (Å²) in [7, 11) is 1.98.